The van der Waals surface area contributed by atoms with Gasteiger partial charge in [-0.1, -0.05) is 66.2 Å². The molecule has 1 unspecified atom stereocenters. The second kappa shape index (κ2) is 11.3. The monoisotopic (exact) mass is 520 g/mol. The van der Waals surface area contributed by atoms with Crippen molar-refractivity contribution in [1.82, 2.24) is 0 Å². The molecule has 0 heterocycles. The van der Waals surface area contributed by atoms with Crippen LogP contribution in [0, 0.1) is 6.92 Å². The van der Waals surface area contributed by atoms with Crippen molar-refractivity contribution in [3.8, 4) is 0 Å². The third-order valence-corrected chi connectivity index (χ3v) is 6.74. The van der Waals surface area contributed by atoms with Gasteiger partial charge in [0.05, 0.1) is 11.3 Å². The lowest BCUT2D eigenvalue weighted by atomic mass is 10.1. The summed E-state index contributed by atoms with van der Waals surface area (Å²) in [6.07, 6.45) is -4.61. The summed E-state index contributed by atoms with van der Waals surface area (Å²) >= 11 is 1.18. The predicted octanol–water partition coefficient (Wildman–Crippen LogP) is 7.74. The van der Waals surface area contributed by atoms with Gasteiger partial charge in [0.15, 0.2) is 0 Å². The van der Waals surface area contributed by atoms with Gasteiger partial charge in [-0.3, -0.25) is 9.59 Å². The molecule has 0 saturated heterocycles. The number of benzene rings is 4. The number of para-hydroxylation sites is 1. The van der Waals surface area contributed by atoms with Crippen LogP contribution in [0.15, 0.2) is 108 Å². The Morgan fingerprint density at radius 3 is 2.16 bits per heavy atom. The second-order valence-corrected chi connectivity index (χ2v) is 9.47. The van der Waals surface area contributed by atoms with Crippen LogP contribution in [0.25, 0.3) is 0 Å². The number of amides is 2. The molecule has 0 spiro atoms. The van der Waals surface area contributed by atoms with E-state index in [0.29, 0.717) is 21.7 Å². The third-order valence-electron chi connectivity index (χ3n) is 5.49. The average molecular weight is 521 g/mol. The maximum Gasteiger partial charge on any atom is 0.418 e. The number of hydrogen-bond acceptors (Lipinski definition) is 3. The van der Waals surface area contributed by atoms with Crippen LogP contribution in [-0.2, 0) is 11.0 Å². The predicted molar refractivity (Wildman–Crippen MR) is 141 cm³/mol. The summed E-state index contributed by atoms with van der Waals surface area (Å²) in [7, 11) is 0. The van der Waals surface area contributed by atoms with Crippen LogP contribution in [0.5, 0.6) is 0 Å². The van der Waals surface area contributed by atoms with E-state index in [1.807, 2.05) is 19.1 Å². The minimum absolute atomic E-state index is 0.275. The number of carbonyl (C=O) groups is 2. The van der Waals surface area contributed by atoms with Crippen molar-refractivity contribution in [3.05, 3.63) is 125 Å². The van der Waals surface area contributed by atoms with Crippen LogP contribution in [-0.4, -0.2) is 11.8 Å². The summed E-state index contributed by atoms with van der Waals surface area (Å²) in [6.45, 7) is 1.93. The fourth-order valence-corrected chi connectivity index (χ4v) is 4.71. The molecular weight excluding hydrogens is 497 g/mol. The van der Waals surface area contributed by atoms with Crippen molar-refractivity contribution in [1.29, 1.82) is 0 Å². The topological polar surface area (TPSA) is 58.2 Å². The van der Waals surface area contributed by atoms with Crippen LogP contribution >= 0.6 is 11.8 Å². The van der Waals surface area contributed by atoms with E-state index in [0.717, 1.165) is 11.6 Å². The molecule has 0 aliphatic carbocycles. The quantitative estimate of drug-likeness (QED) is 0.245. The standard InChI is InChI=1S/C29H23F3N2O2S/c1-19-14-16-21(17-15-19)27(35)33-22-10-7-11-23(18-22)37-26(20-8-3-2-4-9-20)28(36)34-25-13-6-5-12-24(25)29(30,31)32/h2-18,26H,1H3,(H,33,35)(H,34,36). The van der Waals surface area contributed by atoms with Crippen LogP contribution in [0.3, 0.4) is 0 Å². The molecule has 0 saturated carbocycles. The molecule has 0 aliphatic rings. The molecule has 8 heteroatoms. The first-order valence-electron chi connectivity index (χ1n) is 11.4. The minimum atomic E-state index is -4.61. The van der Waals surface area contributed by atoms with Gasteiger partial charge in [-0.2, -0.15) is 13.2 Å². The summed E-state index contributed by atoms with van der Waals surface area (Å²) < 4.78 is 40.4. The van der Waals surface area contributed by atoms with E-state index in [-0.39, 0.29) is 11.6 Å². The zero-order valence-electron chi connectivity index (χ0n) is 19.8. The van der Waals surface area contributed by atoms with Gasteiger partial charge >= 0.3 is 6.18 Å². The van der Waals surface area contributed by atoms with Crippen molar-refractivity contribution in [3.63, 3.8) is 0 Å². The van der Waals surface area contributed by atoms with Crippen molar-refractivity contribution in [2.24, 2.45) is 0 Å². The number of halogens is 3. The summed E-state index contributed by atoms with van der Waals surface area (Å²) in [4.78, 5) is 26.6. The molecule has 2 N–H and O–H groups in total. The molecule has 0 aromatic heterocycles. The van der Waals surface area contributed by atoms with Crippen molar-refractivity contribution < 1.29 is 22.8 Å². The Morgan fingerprint density at radius 2 is 1.46 bits per heavy atom. The summed E-state index contributed by atoms with van der Waals surface area (Å²) in [6, 6.07) is 27.8. The number of alkyl halides is 3. The number of aryl methyl sites for hydroxylation is 1. The largest absolute Gasteiger partial charge is 0.418 e. The van der Waals surface area contributed by atoms with Crippen LogP contribution in [0.2, 0.25) is 0 Å². The number of anilines is 2. The van der Waals surface area contributed by atoms with E-state index in [2.05, 4.69) is 10.6 Å². The number of carbonyl (C=O) groups excluding carboxylic acids is 2. The van der Waals surface area contributed by atoms with E-state index in [1.165, 1.54) is 30.0 Å². The summed E-state index contributed by atoms with van der Waals surface area (Å²) in [5.41, 5.74) is 1.49. The van der Waals surface area contributed by atoms with Gasteiger partial charge in [0.25, 0.3) is 5.91 Å². The lowest BCUT2D eigenvalue weighted by Crippen LogP contribution is -2.21. The molecule has 4 aromatic carbocycles. The smallest absolute Gasteiger partial charge is 0.324 e. The lowest BCUT2D eigenvalue weighted by molar-refractivity contribution is -0.137. The molecule has 1 atom stereocenters. The zero-order valence-corrected chi connectivity index (χ0v) is 20.6. The Bertz CT molecular complexity index is 1390. The van der Waals surface area contributed by atoms with Gasteiger partial charge in [0.2, 0.25) is 5.91 Å². The normalized spacial score (nSPS) is 12.0. The Kier molecular flexibility index (Phi) is 7.98. The van der Waals surface area contributed by atoms with Crippen LogP contribution in [0.4, 0.5) is 24.5 Å². The highest BCUT2D eigenvalue weighted by molar-refractivity contribution is 8.00. The number of thioether (sulfide) groups is 1. The third kappa shape index (κ3) is 6.80. The fourth-order valence-electron chi connectivity index (χ4n) is 3.63. The minimum Gasteiger partial charge on any atom is -0.324 e. The highest BCUT2D eigenvalue weighted by atomic mass is 32.2. The Morgan fingerprint density at radius 1 is 0.784 bits per heavy atom. The van der Waals surface area contributed by atoms with Gasteiger partial charge in [0, 0.05) is 16.1 Å². The molecule has 188 valence electrons. The van der Waals surface area contributed by atoms with E-state index >= 15 is 0 Å². The SMILES string of the molecule is Cc1ccc(C(=O)Nc2cccc(SC(C(=O)Nc3ccccc3C(F)(F)F)c3ccccc3)c2)cc1. The fraction of sp³-hybridized carbons (Fsp3) is 0.103. The molecule has 0 radical (unpaired) electrons. The number of hydrogen-bond donors (Lipinski definition) is 2. The average Bonchev–Trinajstić information content (AvgIpc) is 2.88. The van der Waals surface area contributed by atoms with Gasteiger partial charge in [-0.15, -0.1) is 11.8 Å². The Balaban J connectivity index is 1.57. The molecule has 4 aromatic rings. The summed E-state index contributed by atoms with van der Waals surface area (Å²) in [5, 5.41) is 4.46. The molecule has 0 fully saturated rings. The maximum absolute atomic E-state index is 13.5. The summed E-state index contributed by atoms with van der Waals surface area (Å²) in [5.74, 6) is -0.870. The first-order chi connectivity index (χ1) is 17.7. The van der Waals surface area contributed by atoms with Gasteiger partial charge in [-0.25, -0.2) is 0 Å². The van der Waals surface area contributed by atoms with Gasteiger partial charge < -0.3 is 10.6 Å². The highest BCUT2D eigenvalue weighted by Crippen LogP contribution is 2.39. The van der Waals surface area contributed by atoms with Gasteiger partial charge in [-0.05, 0) is 55.0 Å². The molecular formula is C29H23F3N2O2S. The zero-order chi connectivity index (χ0) is 26.4. The van der Waals surface area contributed by atoms with Crippen LogP contribution < -0.4 is 10.6 Å². The van der Waals surface area contributed by atoms with E-state index in [9.17, 15) is 22.8 Å². The van der Waals surface area contributed by atoms with E-state index < -0.39 is 22.9 Å². The maximum atomic E-state index is 13.5. The Labute approximate surface area is 216 Å². The molecule has 4 rings (SSSR count). The molecule has 0 bridgehead atoms. The number of rotatable bonds is 7. The second-order valence-electron chi connectivity index (χ2n) is 8.29. The Hall–Kier alpha value is -4.04. The first-order valence-corrected chi connectivity index (χ1v) is 12.3. The molecule has 37 heavy (non-hydrogen) atoms. The first kappa shape index (κ1) is 26.0. The molecule has 0 aliphatic heterocycles. The van der Waals surface area contributed by atoms with Gasteiger partial charge in [0.1, 0.15) is 5.25 Å². The van der Waals surface area contributed by atoms with Crippen LogP contribution in [0.1, 0.15) is 32.3 Å². The molecule has 2 amide bonds. The van der Waals surface area contributed by atoms with E-state index in [4.69, 9.17) is 0 Å². The molecule has 4 nitrogen and oxygen atoms in total. The van der Waals surface area contributed by atoms with E-state index in [1.54, 1.807) is 66.7 Å². The van der Waals surface area contributed by atoms with Crippen molar-refractivity contribution >= 4 is 35.0 Å². The highest BCUT2D eigenvalue weighted by Gasteiger charge is 2.34. The van der Waals surface area contributed by atoms with Crippen molar-refractivity contribution in [2.75, 3.05) is 10.6 Å². The van der Waals surface area contributed by atoms with Crippen molar-refractivity contribution in [2.45, 2.75) is 23.2 Å². The number of nitrogens with one attached hydrogen (secondary N) is 2. The lowest BCUT2D eigenvalue weighted by Gasteiger charge is -2.19.